The van der Waals surface area contributed by atoms with Gasteiger partial charge >= 0.3 is 0 Å². The summed E-state index contributed by atoms with van der Waals surface area (Å²) >= 11 is 0. The lowest BCUT2D eigenvalue weighted by Gasteiger charge is -2.46. The third-order valence-corrected chi connectivity index (χ3v) is 19.1. The number of benzene rings is 15. The fourth-order valence-corrected chi connectivity index (χ4v) is 15.8. The van der Waals surface area contributed by atoms with E-state index >= 15 is 0 Å². The third-order valence-electron chi connectivity index (χ3n) is 19.1. The minimum Gasteiger partial charge on any atom is -0.344 e. The molecule has 2 nitrogen and oxygen atoms in total. The highest BCUT2D eigenvalue weighted by atomic mass is 15.1. The monoisotopic (exact) mass is 1070 g/mol. The SMILES string of the molecule is CN1c2ccccc2C(c2ccccc2)(c2ccccc2)c2c(-c3cccc4c(-c5cc6cccc7ccc8cccc5c8c76)c5cccc(-c6cccc7c6C(c6ccccc6)(c6ccccc6)c6ccccc6N7C)c5cc34)cccc21. The van der Waals surface area contributed by atoms with Gasteiger partial charge in [-0.15, -0.1) is 0 Å². The second-order valence-corrected chi connectivity index (χ2v) is 23.0. The van der Waals surface area contributed by atoms with E-state index in [0.29, 0.717) is 0 Å². The standard InChI is InChI=1S/C82H56N2/c1-83-72-45-17-15-43-70(72)81(56-28-7-3-8-29-56,57-30-9-4-10-31-57)79-65(41-23-47-74(79)83)60-36-21-39-62-67(60)52-68-61(37-22-40-63(68)78(62)69-51-55-27-19-25-53-49-50-54-26-20-38-64(69)77(54)76(53)55)66-42-24-48-75-80(66)82(58-32-11-5-12-33-58,59-34-13-6-14-35-59)71-44-16-18-46-73(71)84(75)2/h3-52H,1-2H3. The van der Waals surface area contributed by atoms with E-state index < -0.39 is 10.8 Å². The van der Waals surface area contributed by atoms with Crippen LogP contribution in [0.2, 0.25) is 0 Å². The molecule has 0 atom stereocenters. The Morgan fingerprint density at radius 2 is 0.595 bits per heavy atom. The molecule has 84 heavy (non-hydrogen) atoms. The molecule has 17 rings (SSSR count). The normalized spacial score (nSPS) is 14.0. The molecule has 2 heteroatoms. The fourth-order valence-electron chi connectivity index (χ4n) is 15.8. The molecule has 0 spiro atoms. The van der Waals surface area contributed by atoms with E-state index in [1.54, 1.807) is 0 Å². The number of fused-ring (bicyclic) bond motifs is 6. The third kappa shape index (κ3) is 6.57. The summed E-state index contributed by atoms with van der Waals surface area (Å²) in [4.78, 5) is 4.85. The summed E-state index contributed by atoms with van der Waals surface area (Å²) in [6.07, 6.45) is 0. The molecule has 15 aromatic carbocycles. The van der Waals surface area contributed by atoms with Crippen LogP contribution in [0.5, 0.6) is 0 Å². The van der Waals surface area contributed by atoms with Crippen LogP contribution in [0.1, 0.15) is 44.5 Å². The Kier molecular flexibility index (Phi) is 10.6. The van der Waals surface area contributed by atoms with E-state index in [-0.39, 0.29) is 0 Å². The first-order valence-electron chi connectivity index (χ1n) is 29.4. The molecule has 0 saturated heterocycles. The number of anilines is 4. The number of hydrogen-bond acceptors (Lipinski definition) is 2. The van der Waals surface area contributed by atoms with Gasteiger partial charge in [0, 0.05) is 48.0 Å². The van der Waals surface area contributed by atoms with Gasteiger partial charge in [-0.25, -0.2) is 0 Å². The smallest absolute Gasteiger partial charge is 0.0748 e. The molecule has 0 amide bonds. The van der Waals surface area contributed by atoms with Gasteiger partial charge in [0.05, 0.1) is 10.8 Å². The van der Waals surface area contributed by atoms with E-state index in [1.807, 2.05) is 0 Å². The van der Waals surface area contributed by atoms with Crippen LogP contribution in [0, 0.1) is 0 Å². The summed E-state index contributed by atoms with van der Waals surface area (Å²) in [5, 5.41) is 12.5. The Balaban J connectivity index is 1.05. The average molecular weight is 1070 g/mol. The first-order chi connectivity index (χ1) is 41.5. The molecule has 2 heterocycles. The van der Waals surface area contributed by atoms with Gasteiger partial charge in [-0.05, 0) is 157 Å². The van der Waals surface area contributed by atoms with Crippen molar-refractivity contribution >= 4 is 76.6 Å². The lowest BCUT2D eigenvalue weighted by molar-refractivity contribution is 0.729. The lowest BCUT2D eigenvalue weighted by Crippen LogP contribution is -2.38. The van der Waals surface area contributed by atoms with Crippen molar-refractivity contribution in [1.82, 2.24) is 0 Å². The summed E-state index contributed by atoms with van der Waals surface area (Å²) in [5.41, 5.74) is 20.6. The van der Waals surface area contributed by atoms with E-state index in [2.05, 4.69) is 327 Å². The van der Waals surface area contributed by atoms with E-state index in [0.717, 1.165) is 0 Å². The van der Waals surface area contributed by atoms with Crippen molar-refractivity contribution in [2.45, 2.75) is 10.8 Å². The number of rotatable bonds is 7. The van der Waals surface area contributed by atoms with Crippen molar-refractivity contribution in [1.29, 1.82) is 0 Å². The van der Waals surface area contributed by atoms with Crippen molar-refractivity contribution in [2.75, 3.05) is 23.9 Å². The Bertz CT molecular complexity index is 4780. The maximum atomic E-state index is 2.57. The zero-order valence-corrected chi connectivity index (χ0v) is 46.8. The molecule has 0 bridgehead atoms. The fraction of sp³-hybridized carbons (Fsp3) is 0.0488. The zero-order valence-electron chi connectivity index (χ0n) is 46.8. The Hall–Kier alpha value is -10.5. The number of hydrogen-bond donors (Lipinski definition) is 0. The van der Waals surface area contributed by atoms with Gasteiger partial charge in [-0.1, -0.05) is 267 Å². The van der Waals surface area contributed by atoms with Crippen molar-refractivity contribution in [3.05, 3.63) is 348 Å². The van der Waals surface area contributed by atoms with Crippen molar-refractivity contribution in [2.24, 2.45) is 0 Å². The molecule has 0 fully saturated rings. The number of para-hydroxylation sites is 2. The van der Waals surface area contributed by atoms with Crippen molar-refractivity contribution < 1.29 is 0 Å². The minimum atomic E-state index is -0.682. The summed E-state index contributed by atoms with van der Waals surface area (Å²) < 4.78 is 0. The molecule has 394 valence electrons. The van der Waals surface area contributed by atoms with Crippen molar-refractivity contribution in [3.63, 3.8) is 0 Å². The van der Waals surface area contributed by atoms with E-state index in [1.165, 1.54) is 155 Å². The van der Waals surface area contributed by atoms with Gasteiger partial charge in [0.15, 0.2) is 0 Å². The molecule has 0 aliphatic carbocycles. The van der Waals surface area contributed by atoms with Crippen LogP contribution in [-0.2, 0) is 10.8 Å². The maximum absolute atomic E-state index is 2.57. The molecule has 0 aromatic heterocycles. The van der Waals surface area contributed by atoms with E-state index in [4.69, 9.17) is 0 Å². The molecule has 0 saturated carbocycles. The Labute approximate surface area is 489 Å². The molecule has 2 aliphatic heterocycles. The van der Waals surface area contributed by atoms with Crippen LogP contribution < -0.4 is 9.80 Å². The summed E-state index contributed by atoms with van der Waals surface area (Å²) in [6, 6.07) is 115. The first-order valence-corrected chi connectivity index (χ1v) is 29.4. The van der Waals surface area contributed by atoms with Gasteiger partial charge in [0.1, 0.15) is 0 Å². The second kappa shape index (κ2) is 18.5. The molecule has 0 unspecified atom stereocenters. The first kappa shape index (κ1) is 48.2. The maximum Gasteiger partial charge on any atom is 0.0748 e. The van der Waals surface area contributed by atoms with Crippen LogP contribution in [0.15, 0.2) is 303 Å². The zero-order chi connectivity index (χ0) is 55.7. The molecule has 2 aliphatic rings. The summed E-state index contributed by atoms with van der Waals surface area (Å²) in [7, 11) is 4.50. The quantitative estimate of drug-likeness (QED) is 0.116. The van der Waals surface area contributed by atoms with Crippen LogP contribution in [0.4, 0.5) is 22.7 Å². The summed E-state index contributed by atoms with van der Waals surface area (Å²) in [5.74, 6) is 0. The van der Waals surface area contributed by atoms with Gasteiger partial charge in [-0.2, -0.15) is 0 Å². The van der Waals surface area contributed by atoms with Gasteiger partial charge in [-0.3, -0.25) is 0 Å². The second-order valence-electron chi connectivity index (χ2n) is 23.0. The van der Waals surface area contributed by atoms with E-state index in [9.17, 15) is 0 Å². The number of nitrogens with zero attached hydrogens (tertiary/aromatic N) is 2. The molecule has 15 aromatic rings. The van der Waals surface area contributed by atoms with Gasteiger partial charge in [0.25, 0.3) is 0 Å². The Morgan fingerprint density at radius 3 is 1.07 bits per heavy atom. The molecule has 0 N–H and O–H groups in total. The largest absolute Gasteiger partial charge is 0.344 e. The molecular formula is C82H56N2. The van der Waals surface area contributed by atoms with Gasteiger partial charge in [0.2, 0.25) is 0 Å². The topological polar surface area (TPSA) is 6.48 Å². The van der Waals surface area contributed by atoms with Crippen LogP contribution in [0.25, 0.3) is 87.2 Å². The minimum absolute atomic E-state index is 0.682. The van der Waals surface area contributed by atoms with Gasteiger partial charge < -0.3 is 9.80 Å². The molecular weight excluding hydrogens is 1010 g/mol. The van der Waals surface area contributed by atoms with Crippen LogP contribution in [0.3, 0.4) is 0 Å². The predicted octanol–water partition coefficient (Wildman–Crippen LogP) is 20.8. The highest BCUT2D eigenvalue weighted by Crippen LogP contribution is 2.61. The lowest BCUT2D eigenvalue weighted by atomic mass is 9.60. The summed E-state index contributed by atoms with van der Waals surface area (Å²) in [6.45, 7) is 0. The Morgan fingerprint density at radius 1 is 0.238 bits per heavy atom. The van der Waals surface area contributed by atoms with Crippen LogP contribution >= 0.6 is 0 Å². The highest BCUT2D eigenvalue weighted by Gasteiger charge is 2.49. The predicted molar refractivity (Wildman–Crippen MR) is 354 cm³/mol. The average Bonchev–Trinajstić information content (AvgIpc) is 3.10. The van der Waals surface area contributed by atoms with Crippen LogP contribution in [-0.4, -0.2) is 14.1 Å². The molecule has 0 radical (unpaired) electrons. The van der Waals surface area contributed by atoms with Crippen molar-refractivity contribution in [3.8, 4) is 33.4 Å². The highest BCUT2D eigenvalue weighted by molar-refractivity contribution is 6.30.